The zero-order chi connectivity index (χ0) is 80.7. The van der Waals surface area contributed by atoms with Gasteiger partial charge in [0.15, 0.2) is 11.5 Å². The summed E-state index contributed by atoms with van der Waals surface area (Å²) in [4.78, 5) is 137. The molecule has 600 valence electrons. The second-order valence-corrected chi connectivity index (χ2v) is 30.6. The number of amides is 10. The molecule has 6 aromatic carbocycles. The number of imide groups is 1. The van der Waals surface area contributed by atoms with Crippen LogP contribution >= 0.6 is 11.6 Å². The number of likely N-dealkylation sites (N-methyl/N-ethyl adjacent to an activating group) is 1. The Morgan fingerprint density at radius 1 is 0.646 bits per heavy atom. The van der Waals surface area contributed by atoms with Crippen molar-refractivity contribution < 1.29 is 108 Å². The normalized spacial score (nSPS) is 28.1. The maximum absolute atomic E-state index is 16.4. The topological polar surface area (TPSA) is 508 Å². The number of phenolic OH excluding ortho intramolecular Hbond substituents is 3. The fourth-order valence-electron chi connectivity index (χ4n) is 16.5. The Hall–Kier alpha value is -10.9. The van der Waals surface area contributed by atoms with Crippen LogP contribution in [-0.4, -0.2) is 175 Å². The minimum atomic E-state index is -2.34. The molecule has 0 unspecified atom stereocenters. The van der Waals surface area contributed by atoms with Crippen molar-refractivity contribution in [1.82, 2.24) is 47.9 Å². The van der Waals surface area contributed by atoms with Crippen LogP contribution in [0, 0.1) is 36.5 Å². The van der Waals surface area contributed by atoms with E-state index in [2.05, 4.69) is 53.2 Å². The number of benzene rings is 6. The number of fused-ring (bicyclic) bond motifs is 15. The monoisotopic (exact) mass is 1580 g/mol. The number of carbonyl (C=O) groups excluding carboxylic acids is 9. The summed E-state index contributed by atoms with van der Waals surface area (Å²) < 4.78 is 31.3. The number of rotatable bonds is 15. The van der Waals surface area contributed by atoms with Crippen LogP contribution in [0.15, 0.2) is 103 Å². The number of hydrogen-bond acceptors (Lipinski definition) is 24. The van der Waals surface area contributed by atoms with Crippen LogP contribution in [0.4, 0.5) is 10.5 Å². The second-order valence-electron chi connectivity index (χ2n) is 30.2. The molecule has 10 aliphatic rings. The van der Waals surface area contributed by atoms with Gasteiger partial charge in [0.25, 0.3) is 0 Å². The lowest BCUT2D eigenvalue weighted by Gasteiger charge is -2.54. The van der Waals surface area contributed by atoms with Gasteiger partial charge < -0.3 is 118 Å². The predicted octanol–water partition coefficient (Wildman–Crippen LogP) is 3.61. The summed E-state index contributed by atoms with van der Waals surface area (Å²) in [6.07, 6.45) is -9.92. The Balaban J connectivity index is 0.995. The molecule has 20 N–H and O–H groups in total. The summed E-state index contributed by atoms with van der Waals surface area (Å²) in [5, 5.41) is 120. The van der Waals surface area contributed by atoms with Crippen molar-refractivity contribution in [3.05, 3.63) is 142 Å². The number of ether oxygens (including phenoxy) is 5. The molecular weight excluding hydrogens is 1490 g/mol. The van der Waals surface area contributed by atoms with Gasteiger partial charge in [-0.25, -0.2) is 4.79 Å². The number of phenols is 3. The van der Waals surface area contributed by atoms with E-state index in [-0.39, 0.29) is 91.4 Å². The molecule has 113 heavy (non-hydrogen) atoms. The van der Waals surface area contributed by atoms with E-state index in [1.807, 2.05) is 13.8 Å². The summed E-state index contributed by atoms with van der Waals surface area (Å²) in [7, 11) is 1.49. The van der Waals surface area contributed by atoms with Gasteiger partial charge in [0.2, 0.25) is 59.3 Å². The van der Waals surface area contributed by atoms with Crippen LogP contribution in [0.2, 0.25) is 5.02 Å². The largest absolute Gasteiger partial charge is 0.508 e. The molecule has 15 bridgehead atoms. The van der Waals surface area contributed by atoms with Crippen molar-refractivity contribution in [2.24, 2.45) is 35.3 Å². The zero-order valence-electron chi connectivity index (χ0n) is 62.0. The quantitative estimate of drug-likeness (QED) is 0.0698. The first kappa shape index (κ1) is 80.2. The van der Waals surface area contributed by atoms with Gasteiger partial charge >= 0.3 is 6.03 Å². The molecular formula is C79H90ClN11O22. The van der Waals surface area contributed by atoms with Crippen molar-refractivity contribution >= 4 is 70.6 Å². The Morgan fingerprint density at radius 3 is 1.93 bits per heavy atom. The molecule has 10 amide bonds. The Bertz CT molecular complexity index is 4670. The molecule has 33 nitrogen and oxygen atoms in total. The number of anilines is 1. The Morgan fingerprint density at radius 2 is 1.28 bits per heavy atom. The summed E-state index contributed by atoms with van der Waals surface area (Å²) >= 11 is 7.18. The van der Waals surface area contributed by atoms with Crippen LogP contribution < -0.4 is 77.8 Å². The lowest BCUT2D eigenvalue weighted by molar-refractivity contribution is -0.270. The number of nitrogens with one attached hydrogen (secondary N) is 10. The number of halogens is 1. The number of urea groups is 1. The fourth-order valence-corrected chi connectivity index (χ4v) is 16.7. The minimum absolute atomic E-state index is 0.0405. The highest BCUT2D eigenvalue weighted by atomic mass is 35.5. The summed E-state index contributed by atoms with van der Waals surface area (Å²) in [5.41, 5.74) is 4.43. The van der Waals surface area contributed by atoms with Gasteiger partial charge in [-0.2, -0.15) is 0 Å². The number of carbonyl (C=O) groups is 9. The Kier molecular flexibility index (Phi) is 23.7. The van der Waals surface area contributed by atoms with Crippen LogP contribution in [0.25, 0.3) is 11.1 Å². The fraction of sp³-hybridized carbons (Fsp3) is 0.430. The van der Waals surface area contributed by atoms with Crippen molar-refractivity contribution in [2.75, 3.05) is 25.5 Å². The van der Waals surface area contributed by atoms with E-state index < -0.39 is 192 Å². The number of aliphatic hydroxyl groups excluding tert-OH is 5. The SMILES string of the molecule is CCOc1ccc(NC(=O)NC(=O)C[C@@H]2NC(=O)[C@H](NC(=O)[C@@H](CC(C)C)NC)[C@H](O)c3ccc(c(C)c3)Oc3cc4cc(c3O[C@@H]3O[C@H](CN)[C@@H](O)[C@H](O)[C@H]3O)Oc3ccc(cc3Cl)[C@@H](O)[C@@H]3NC(=O)[C@H](NC(=O)[C@@H]4NC2=O)c2ccc(O)c(c2)-c2c(O)cc(O)cc2[C@@H](C(=O)NC2C4CC5CC(C4)CC2C5)NC3=O)cc1. The summed E-state index contributed by atoms with van der Waals surface area (Å²) in [6, 6.07) is 5.80. The molecule has 6 aromatic rings. The van der Waals surface area contributed by atoms with Crippen LogP contribution in [-0.2, 0) is 43.1 Å². The number of nitrogens with two attached hydrogens (primary N) is 1. The third-order valence-electron chi connectivity index (χ3n) is 21.9. The average Bonchev–Trinajstić information content (AvgIpc) is 0.759. The highest BCUT2D eigenvalue weighted by molar-refractivity contribution is 6.32. The van der Waals surface area contributed by atoms with E-state index in [1.165, 1.54) is 56.4 Å². The van der Waals surface area contributed by atoms with Crippen molar-refractivity contribution in [3.63, 3.8) is 0 Å². The average molecular weight is 1580 g/mol. The number of hydrogen-bond donors (Lipinski definition) is 19. The summed E-state index contributed by atoms with van der Waals surface area (Å²) in [5.74, 6) is -12.2. The van der Waals surface area contributed by atoms with Crippen molar-refractivity contribution in [3.8, 4) is 62.9 Å². The number of aryl methyl sites for hydroxylation is 1. The smallest absolute Gasteiger partial charge is 0.325 e. The van der Waals surface area contributed by atoms with E-state index in [4.69, 9.17) is 41.0 Å². The number of aliphatic hydroxyl groups is 5. The van der Waals surface area contributed by atoms with Gasteiger partial charge in [-0.3, -0.25) is 43.7 Å². The van der Waals surface area contributed by atoms with E-state index in [1.54, 1.807) is 19.1 Å². The predicted molar refractivity (Wildman–Crippen MR) is 401 cm³/mol. The Labute approximate surface area is 652 Å². The lowest BCUT2D eigenvalue weighted by Crippen LogP contribution is -2.60. The summed E-state index contributed by atoms with van der Waals surface area (Å²) in [6.45, 7) is 6.83. The molecule has 0 spiro atoms. The van der Waals surface area contributed by atoms with Gasteiger partial charge in [-0.05, 0) is 201 Å². The molecule has 4 saturated carbocycles. The van der Waals surface area contributed by atoms with Gasteiger partial charge in [0, 0.05) is 35.5 Å². The lowest BCUT2D eigenvalue weighted by atomic mass is 9.54. The molecule has 5 fully saturated rings. The van der Waals surface area contributed by atoms with E-state index >= 15 is 28.8 Å². The molecule has 34 heteroatoms. The maximum atomic E-state index is 16.4. The second kappa shape index (κ2) is 33.4. The van der Waals surface area contributed by atoms with Crippen LogP contribution in [0.5, 0.6) is 51.7 Å². The molecule has 14 atom stereocenters. The van der Waals surface area contributed by atoms with Crippen molar-refractivity contribution in [2.45, 2.75) is 164 Å². The molecule has 0 radical (unpaired) electrons. The van der Waals surface area contributed by atoms with Gasteiger partial charge in [0.1, 0.15) is 107 Å². The van der Waals surface area contributed by atoms with Crippen molar-refractivity contribution in [1.29, 1.82) is 0 Å². The van der Waals surface area contributed by atoms with E-state index in [9.17, 15) is 55.2 Å². The standard InChI is InChI=1S/C79H90ClN11O22/c1-6-109-44-12-10-42(11-13-44)83-79(108)85-57(95)30-49-72(102)87-61-41-26-54(110-52-15-8-37(18-33(52)4)65(96)63(76(106)84-49)90-71(101)48(82-5)17-32(2)3)70(113-78-69(100)68(99)67(98)56(31-81)112-78)55(27-41)111-53-16-9-38(25-47(53)80)66(97)64-77(107)89-62(75(105)86-59-39-20-34-19-35(22-39)23-40(59)21-34)46-28-43(92)29-51(94)58(46)45-24-36(7-14-50(45)93)60(73(103)91-64)88-74(61)104/h7-16,18,24-29,32,34-35,39-40,48-49,56,59-69,78,82,92-94,96-100H,6,17,19-23,30-31,81H2,1-5H3,(H,84,106)(H,86,105)(H,87,102)(H,88,104)(H,89,107)(H,90,101)(H,91,103)(H2,83,85,95,108)/t34?,35?,39?,40?,48-,49+,56-,59?,60-,61-,62+,63-,64+,65-,66-,67-,68+,69-,78+/m1/s1. The zero-order valence-corrected chi connectivity index (χ0v) is 62.7. The first-order chi connectivity index (χ1) is 53.9. The van der Waals surface area contributed by atoms with Gasteiger partial charge in [-0.1, -0.05) is 43.6 Å². The van der Waals surface area contributed by atoms with E-state index in [0.717, 1.165) is 80.6 Å². The third kappa shape index (κ3) is 17.1. The third-order valence-corrected chi connectivity index (χ3v) is 22.2. The molecule has 6 aliphatic heterocycles. The van der Waals surface area contributed by atoms with Gasteiger partial charge in [-0.15, -0.1) is 0 Å². The highest BCUT2D eigenvalue weighted by Gasteiger charge is 2.51. The van der Waals surface area contributed by atoms with E-state index in [0.29, 0.717) is 24.2 Å². The molecule has 6 heterocycles. The molecule has 0 aromatic heterocycles. The first-order valence-corrected chi connectivity index (χ1v) is 37.7. The minimum Gasteiger partial charge on any atom is -0.508 e. The molecule has 4 aliphatic carbocycles. The van der Waals surface area contributed by atoms with Gasteiger partial charge in [0.05, 0.1) is 24.1 Å². The van der Waals surface area contributed by atoms with Crippen LogP contribution in [0.3, 0.4) is 0 Å². The maximum Gasteiger partial charge on any atom is 0.325 e. The number of aromatic hydroxyl groups is 3. The first-order valence-electron chi connectivity index (χ1n) is 37.3. The molecule has 16 rings (SSSR count). The molecule has 1 saturated heterocycles. The van der Waals surface area contributed by atoms with Crippen LogP contribution in [0.1, 0.15) is 129 Å². The highest BCUT2D eigenvalue weighted by Crippen LogP contribution is 2.55.